The molecule has 2 rings (SSSR count). The minimum absolute atomic E-state index is 0. The van der Waals surface area contributed by atoms with E-state index in [1.165, 1.54) is 0 Å². The number of rotatable bonds is 7. The summed E-state index contributed by atoms with van der Waals surface area (Å²) in [5, 5.41) is 3.23. The predicted molar refractivity (Wildman–Crippen MR) is 108 cm³/mol. The number of hydrogen-bond donors (Lipinski definition) is 1. The van der Waals surface area contributed by atoms with Gasteiger partial charge in [-0.25, -0.2) is 0 Å². The first kappa shape index (κ1) is 24.0. The van der Waals surface area contributed by atoms with Crippen molar-refractivity contribution in [2.24, 2.45) is 5.92 Å². The lowest BCUT2D eigenvalue weighted by atomic mass is 9.96. The third-order valence-corrected chi connectivity index (χ3v) is 4.31. The van der Waals surface area contributed by atoms with E-state index in [1.807, 2.05) is 50.3 Å². The van der Waals surface area contributed by atoms with Gasteiger partial charge in [-0.05, 0) is 58.6 Å². The highest BCUT2D eigenvalue weighted by Gasteiger charge is 2.25. The van der Waals surface area contributed by atoms with Crippen molar-refractivity contribution in [3.05, 3.63) is 29.8 Å². The molecule has 1 aromatic carbocycles. The minimum atomic E-state index is 0. The van der Waals surface area contributed by atoms with E-state index >= 15 is 0 Å². The Kier molecular flexibility index (Phi) is 11.9. The van der Waals surface area contributed by atoms with Gasteiger partial charge in [-0.15, -0.1) is 24.8 Å². The molecular weight excluding hydrogens is 361 g/mol. The van der Waals surface area contributed by atoms with Crippen LogP contribution in [0.5, 0.6) is 5.75 Å². The molecule has 0 atom stereocenters. The fraction of sp³-hybridized carbons (Fsp3) is 0.611. The lowest BCUT2D eigenvalue weighted by molar-refractivity contribution is 0.0686. The van der Waals surface area contributed by atoms with Gasteiger partial charge < -0.3 is 19.9 Å². The summed E-state index contributed by atoms with van der Waals surface area (Å²) in [5.41, 5.74) is 0.679. The van der Waals surface area contributed by atoms with Crippen molar-refractivity contribution in [1.82, 2.24) is 15.1 Å². The Morgan fingerprint density at radius 2 is 1.88 bits per heavy atom. The Hall–Kier alpha value is -1.01. The Labute approximate surface area is 163 Å². The number of piperidine rings is 1. The van der Waals surface area contributed by atoms with Crippen molar-refractivity contribution >= 4 is 30.7 Å². The van der Waals surface area contributed by atoms with Crippen LogP contribution in [0.15, 0.2) is 24.3 Å². The lowest BCUT2D eigenvalue weighted by Gasteiger charge is -2.32. The molecule has 0 unspecified atom stereocenters. The molecule has 1 aliphatic heterocycles. The number of nitrogens with zero attached hydrogens (tertiary/aromatic N) is 2. The number of ether oxygens (including phenoxy) is 1. The second kappa shape index (κ2) is 12.4. The fourth-order valence-corrected chi connectivity index (χ4v) is 2.91. The first-order chi connectivity index (χ1) is 11.1. The number of nitrogens with one attached hydrogen (secondary N) is 1. The second-order valence-electron chi connectivity index (χ2n) is 6.44. The maximum atomic E-state index is 12.8. The van der Waals surface area contributed by atoms with Crippen molar-refractivity contribution in [1.29, 1.82) is 0 Å². The molecule has 1 amide bonds. The zero-order valence-electron chi connectivity index (χ0n) is 15.4. The number of likely N-dealkylation sites (N-methyl/N-ethyl adjacent to an activating group) is 1. The zero-order valence-corrected chi connectivity index (χ0v) is 17.0. The van der Waals surface area contributed by atoms with E-state index in [4.69, 9.17) is 4.74 Å². The van der Waals surface area contributed by atoms with Crippen molar-refractivity contribution in [3.8, 4) is 5.75 Å². The molecule has 0 aromatic heterocycles. The van der Waals surface area contributed by atoms with Crippen LogP contribution in [0.1, 0.15) is 23.2 Å². The van der Waals surface area contributed by atoms with Crippen LogP contribution in [0, 0.1) is 5.92 Å². The van der Waals surface area contributed by atoms with E-state index in [-0.39, 0.29) is 30.7 Å². The van der Waals surface area contributed by atoms with Crippen LogP contribution < -0.4 is 10.1 Å². The summed E-state index contributed by atoms with van der Waals surface area (Å²) in [5.74, 6) is 1.46. The Morgan fingerprint density at radius 1 is 1.24 bits per heavy atom. The number of carbonyl (C=O) groups is 1. The number of benzene rings is 1. The van der Waals surface area contributed by atoms with Gasteiger partial charge in [0.1, 0.15) is 12.4 Å². The molecule has 1 heterocycles. The molecule has 5 nitrogen and oxygen atoms in total. The SMILES string of the molecule is CNCC1CCN(C(=O)c2ccccc2OCCN(C)C)CC1.Cl.Cl. The van der Waals surface area contributed by atoms with Gasteiger partial charge in [0.2, 0.25) is 0 Å². The molecule has 25 heavy (non-hydrogen) atoms. The van der Waals surface area contributed by atoms with Gasteiger partial charge in [0.15, 0.2) is 0 Å². The summed E-state index contributed by atoms with van der Waals surface area (Å²) in [6.45, 7) is 4.11. The van der Waals surface area contributed by atoms with Crippen LogP contribution in [0.25, 0.3) is 0 Å². The van der Waals surface area contributed by atoms with Gasteiger partial charge in [-0.2, -0.15) is 0 Å². The molecule has 1 aliphatic rings. The monoisotopic (exact) mass is 391 g/mol. The van der Waals surface area contributed by atoms with E-state index < -0.39 is 0 Å². The maximum Gasteiger partial charge on any atom is 0.257 e. The third kappa shape index (κ3) is 7.40. The van der Waals surface area contributed by atoms with Gasteiger partial charge in [-0.3, -0.25) is 4.79 Å². The number of hydrogen-bond acceptors (Lipinski definition) is 4. The summed E-state index contributed by atoms with van der Waals surface area (Å²) in [6.07, 6.45) is 2.13. The number of likely N-dealkylation sites (tertiary alicyclic amines) is 1. The summed E-state index contributed by atoms with van der Waals surface area (Å²) < 4.78 is 5.82. The summed E-state index contributed by atoms with van der Waals surface area (Å²) in [6, 6.07) is 7.57. The van der Waals surface area contributed by atoms with Crippen LogP contribution in [-0.2, 0) is 0 Å². The van der Waals surface area contributed by atoms with Crippen LogP contribution in [0.3, 0.4) is 0 Å². The Bertz CT molecular complexity index is 507. The Morgan fingerprint density at radius 3 is 2.48 bits per heavy atom. The molecule has 0 saturated carbocycles. The molecular formula is C18H31Cl2N3O2. The largest absolute Gasteiger partial charge is 0.491 e. The first-order valence-corrected chi connectivity index (χ1v) is 8.42. The highest BCUT2D eigenvalue weighted by atomic mass is 35.5. The third-order valence-electron chi connectivity index (χ3n) is 4.31. The number of para-hydroxylation sites is 1. The van der Waals surface area contributed by atoms with Crippen LogP contribution in [0.2, 0.25) is 0 Å². The van der Waals surface area contributed by atoms with Crippen molar-refractivity contribution in [2.45, 2.75) is 12.8 Å². The molecule has 1 saturated heterocycles. The predicted octanol–water partition coefficient (Wildman–Crippen LogP) is 2.54. The van der Waals surface area contributed by atoms with E-state index in [1.54, 1.807) is 0 Å². The van der Waals surface area contributed by atoms with Gasteiger partial charge >= 0.3 is 0 Å². The van der Waals surface area contributed by atoms with Crippen molar-refractivity contribution in [2.75, 3.05) is 53.9 Å². The number of halogens is 2. The molecule has 0 spiro atoms. The normalized spacial score (nSPS) is 14.6. The molecule has 1 aromatic rings. The van der Waals surface area contributed by atoms with Crippen LogP contribution in [0.4, 0.5) is 0 Å². The summed E-state index contributed by atoms with van der Waals surface area (Å²) >= 11 is 0. The van der Waals surface area contributed by atoms with Crippen LogP contribution in [-0.4, -0.2) is 69.6 Å². The van der Waals surface area contributed by atoms with E-state index in [9.17, 15) is 4.79 Å². The van der Waals surface area contributed by atoms with Crippen molar-refractivity contribution < 1.29 is 9.53 Å². The highest BCUT2D eigenvalue weighted by molar-refractivity contribution is 5.97. The van der Waals surface area contributed by atoms with Gasteiger partial charge in [0.25, 0.3) is 5.91 Å². The fourth-order valence-electron chi connectivity index (χ4n) is 2.91. The minimum Gasteiger partial charge on any atom is -0.491 e. The van der Waals surface area contributed by atoms with Gasteiger partial charge in [-0.1, -0.05) is 12.1 Å². The molecule has 0 bridgehead atoms. The molecule has 7 heteroatoms. The first-order valence-electron chi connectivity index (χ1n) is 8.42. The van der Waals surface area contributed by atoms with E-state index in [0.29, 0.717) is 23.8 Å². The molecule has 0 aliphatic carbocycles. The van der Waals surface area contributed by atoms with Crippen molar-refractivity contribution in [3.63, 3.8) is 0 Å². The number of carbonyl (C=O) groups excluding carboxylic acids is 1. The topological polar surface area (TPSA) is 44.8 Å². The smallest absolute Gasteiger partial charge is 0.257 e. The van der Waals surface area contributed by atoms with E-state index in [2.05, 4.69) is 10.2 Å². The standard InChI is InChI=1S/C18H29N3O2.2ClH/c1-19-14-15-8-10-21(11-9-15)18(22)16-6-4-5-7-17(16)23-13-12-20(2)3;;/h4-7,15,19H,8-14H2,1-3H3;2*1H. The zero-order chi connectivity index (χ0) is 16.7. The molecule has 144 valence electrons. The Balaban J connectivity index is 0.00000288. The molecule has 1 N–H and O–H groups in total. The number of amides is 1. The highest BCUT2D eigenvalue weighted by Crippen LogP contribution is 2.23. The van der Waals surface area contributed by atoms with E-state index in [0.717, 1.165) is 39.0 Å². The summed E-state index contributed by atoms with van der Waals surface area (Å²) in [4.78, 5) is 16.8. The quantitative estimate of drug-likeness (QED) is 0.775. The lowest BCUT2D eigenvalue weighted by Crippen LogP contribution is -2.40. The average Bonchev–Trinajstić information content (AvgIpc) is 2.55. The summed E-state index contributed by atoms with van der Waals surface area (Å²) in [7, 11) is 6.00. The maximum absolute atomic E-state index is 12.8. The van der Waals surface area contributed by atoms with Gasteiger partial charge in [0.05, 0.1) is 5.56 Å². The molecule has 1 fully saturated rings. The van der Waals surface area contributed by atoms with Crippen LogP contribution >= 0.6 is 24.8 Å². The average molecular weight is 392 g/mol. The second-order valence-corrected chi connectivity index (χ2v) is 6.44. The molecule has 0 radical (unpaired) electrons. The van der Waals surface area contributed by atoms with Gasteiger partial charge in [0, 0.05) is 19.6 Å².